The molecule has 1 fully saturated rings. The van der Waals surface area contributed by atoms with Gasteiger partial charge in [0.15, 0.2) is 5.13 Å². The Balaban J connectivity index is 1.47. The molecule has 1 saturated carbocycles. The first-order valence-electron chi connectivity index (χ1n) is 9.35. The van der Waals surface area contributed by atoms with Crippen LogP contribution >= 0.6 is 11.3 Å². The maximum Gasteiger partial charge on any atom is 0.270 e. The van der Waals surface area contributed by atoms with E-state index < -0.39 is 20.9 Å². The van der Waals surface area contributed by atoms with E-state index in [4.69, 9.17) is 0 Å². The first-order chi connectivity index (χ1) is 14.8. The molecular formula is C20H18N4O5S2. The number of sulfonamides is 1. The Kier molecular flexibility index (Phi) is 5.56. The predicted octanol–water partition coefficient (Wildman–Crippen LogP) is 3.75. The molecule has 9 nitrogen and oxygen atoms in total. The van der Waals surface area contributed by atoms with Gasteiger partial charge in [0.1, 0.15) is 0 Å². The van der Waals surface area contributed by atoms with E-state index in [9.17, 15) is 23.3 Å². The minimum atomic E-state index is -3.57. The summed E-state index contributed by atoms with van der Waals surface area (Å²) in [4.78, 5) is 27.4. The molecule has 0 spiro atoms. The van der Waals surface area contributed by atoms with Crippen LogP contribution in [0.1, 0.15) is 23.2 Å². The molecule has 1 aliphatic carbocycles. The minimum Gasteiger partial charge on any atom is -0.298 e. The topological polar surface area (TPSA) is 123 Å². The molecule has 0 unspecified atom stereocenters. The number of hydrogen-bond acceptors (Lipinski definition) is 7. The van der Waals surface area contributed by atoms with Gasteiger partial charge in [-0.2, -0.15) is 4.31 Å². The molecule has 1 aromatic heterocycles. The van der Waals surface area contributed by atoms with Crippen LogP contribution in [0.15, 0.2) is 58.8 Å². The van der Waals surface area contributed by atoms with Crippen LogP contribution in [0.25, 0.3) is 11.3 Å². The summed E-state index contributed by atoms with van der Waals surface area (Å²) in [5.74, 6) is -0.431. The summed E-state index contributed by atoms with van der Waals surface area (Å²) in [7, 11) is -2.01. The van der Waals surface area contributed by atoms with Crippen molar-refractivity contribution in [3.8, 4) is 11.3 Å². The number of thiazole rings is 1. The van der Waals surface area contributed by atoms with Crippen LogP contribution in [-0.2, 0) is 10.0 Å². The molecular weight excluding hydrogens is 440 g/mol. The van der Waals surface area contributed by atoms with E-state index in [1.807, 2.05) is 0 Å². The summed E-state index contributed by atoms with van der Waals surface area (Å²) in [6, 6.07) is 11.9. The van der Waals surface area contributed by atoms with Crippen molar-refractivity contribution < 1.29 is 18.1 Å². The number of amides is 1. The van der Waals surface area contributed by atoms with Gasteiger partial charge in [0.05, 0.1) is 15.5 Å². The van der Waals surface area contributed by atoms with Crippen LogP contribution in [0, 0.1) is 10.1 Å². The van der Waals surface area contributed by atoms with Crippen LogP contribution in [0.2, 0.25) is 0 Å². The number of nitrogens with one attached hydrogen (secondary N) is 1. The van der Waals surface area contributed by atoms with Gasteiger partial charge in [-0.1, -0.05) is 12.1 Å². The molecule has 1 aliphatic rings. The molecule has 31 heavy (non-hydrogen) atoms. The zero-order valence-corrected chi connectivity index (χ0v) is 18.0. The van der Waals surface area contributed by atoms with Gasteiger partial charge in [0.25, 0.3) is 11.6 Å². The maximum absolute atomic E-state index is 12.6. The van der Waals surface area contributed by atoms with Gasteiger partial charge in [0, 0.05) is 41.7 Å². The number of carbonyl (C=O) groups excluding carboxylic acids is 1. The summed E-state index contributed by atoms with van der Waals surface area (Å²) < 4.78 is 26.5. The Morgan fingerprint density at radius 2 is 1.94 bits per heavy atom. The first kappa shape index (κ1) is 21.1. The van der Waals surface area contributed by atoms with Crippen molar-refractivity contribution in [1.29, 1.82) is 0 Å². The third kappa shape index (κ3) is 4.48. The molecule has 0 saturated heterocycles. The number of hydrogen-bond donors (Lipinski definition) is 1. The molecule has 2 aromatic carbocycles. The fraction of sp³-hybridized carbons (Fsp3) is 0.200. The van der Waals surface area contributed by atoms with E-state index in [1.54, 1.807) is 24.6 Å². The normalized spacial score (nSPS) is 13.9. The molecule has 0 radical (unpaired) electrons. The SMILES string of the molecule is CN(C1CC1)S(=O)(=O)c1ccc(C(=O)Nc2nc(-c3cccc([N+](=O)[O-])c3)cs2)cc1. The smallest absolute Gasteiger partial charge is 0.270 e. The summed E-state index contributed by atoms with van der Waals surface area (Å²) in [6.45, 7) is 0. The number of nitrogens with zero attached hydrogens (tertiary/aromatic N) is 3. The second-order valence-electron chi connectivity index (χ2n) is 7.08. The Labute approximate surface area is 182 Å². The quantitative estimate of drug-likeness (QED) is 0.425. The van der Waals surface area contributed by atoms with Gasteiger partial charge in [0.2, 0.25) is 10.0 Å². The molecule has 1 N–H and O–H groups in total. The lowest BCUT2D eigenvalue weighted by Crippen LogP contribution is -2.29. The largest absolute Gasteiger partial charge is 0.298 e. The highest BCUT2D eigenvalue weighted by Crippen LogP contribution is 2.31. The van der Waals surface area contributed by atoms with Crippen molar-refractivity contribution in [2.24, 2.45) is 0 Å². The summed E-state index contributed by atoms with van der Waals surface area (Å²) in [5, 5.41) is 15.6. The van der Waals surface area contributed by atoms with Crippen LogP contribution in [0.5, 0.6) is 0 Å². The second kappa shape index (κ2) is 8.17. The van der Waals surface area contributed by atoms with E-state index in [1.165, 1.54) is 52.0 Å². The molecule has 0 atom stereocenters. The van der Waals surface area contributed by atoms with Gasteiger partial charge in [-0.3, -0.25) is 20.2 Å². The number of anilines is 1. The third-order valence-corrected chi connectivity index (χ3v) is 7.61. The highest BCUT2D eigenvalue weighted by molar-refractivity contribution is 7.89. The lowest BCUT2D eigenvalue weighted by molar-refractivity contribution is -0.384. The highest BCUT2D eigenvalue weighted by Gasteiger charge is 2.35. The lowest BCUT2D eigenvalue weighted by Gasteiger charge is -2.16. The molecule has 1 amide bonds. The van der Waals surface area contributed by atoms with Crippen LogP contribution in [0.4, 0.5) is 10.8 Å². The van der Waals surface area contributed by atoms with Crippen molar-refractivity contribution >= 4 is 38.1 Å². The Hall–Kier alpha value is -3.15. The maximum atomic E-state index is 12.6. The van der Waals surface area contributed by atoms with Gasteiger partial charge >= 0.3 is 0 Å². The van der Waals surface area contributed by atoms with Crippen molar-refractivity contribution in [2.75, 3.05) is 12.4 Å². The van der Waals surface area contributed by atoms with Gasteiger partial charge < -0.3 is 0 Å². The van der Waals surface area contributed by atoms with E-state index in [2.05, 4.69) is 10.3 Å². The predicted molar refractivity (Wildman–Crippen MR) is 117 cm³/mol. The number of nitro benzene ring substituents is 1. The molecule has 4 rings (SSSR count). The average Bonchev–Trinajstić information content (AvgIpc) is 3.51. The fourth-order valence-electron chi connectivity index (χ4n) is 2.99. The summed E-state index contributed by atoms with van der Waals surface area (Å²) in [6.07, 6.45) is 1.73. The monoisotopic (exact) mass is 458 g/mol. The standard InChI is InChI=1S/C20H18N4O5S2/c1-23(15-7-8-15)31(28,29)17-9-5-13(6-10-17)19(25)22-20-21-18(12-30-20)14-3-2-4-16(11-14)24(26)27/h2-6,9-12,15H,7-8H2,1H3,(H,21,22,25). The van der Waals surface area contributed by atoms with Crippen molar-refractivity contribution in [2.45, 2.75) is 23.8 Å². The number of nitro groups is 1. The first-order valence-corrected chi connectivity index (χ1v) is 11.7. The van der Waals surface area contributed by atoms with Crippen LogP contribution in [0.3, 0.4) is 0 Å². The molecule has 11 heteroatoms. The highest BCUT2D eigenvalue weighted by atomic mass is 32.2. The number of benzene rings is 2. The van der Waals surface area contributed by atoms with Crippen LogP contribution in [-0.4, -0.2) is 41.6 Å². The molecule has 3 aromatic rings. The number of rotatable bonds is 7. The van der Waals surface area contributed by atoms with Crippen molar-refractivity contribution in [3.05, 3.63) is 69.6 Å². The lowest BCUT2D eigenvalue weighted by atomic mass is 10.1. The van der Waals surface area contributed by atoms with Crippen molar-refractivity contribution in [1.82, 2.24) is 9.29 Å². The van der Waals surface area contributed by atoms with Gasteiger partial charge in [-0.15, -0.1) is 11.3 Å². The Morgan fingerprint density at radius 1 is 1.23 bits per heavy atom. The Morgan fingerprint density at radius 3 is 2.58 bits per heavy atom. The minimum absolute atomic E-state index is 0.0431. The molecule has 160 valence electrons. The van der Waals surface area contributed by atoms with E-state index in [0.717, 1.165) is 12.8 Å². The average molecular weight is 459 g/mol. The van der Waals surface area contributed by atoms with Crippen LogP contribution < -0.4 is 5.32 Å². The Bertz CT molecular complexity index is 1250. The molecule has 1 heterocycles. The van der Waals surface area contributed by atoms with Gasteiger partial charge in [-0.25, -0.2) is 13.4 Å². The number of carbonyl (C=O) groups is 1. The number of non-ortho nitro benzene ring substituents is 1. The fourth-order valence-corrected chi connectivity index (χ4v) is 5.12. The summed E-state index contributed by atoms with van der Waals surface area (Å²) >= 11 is 1.19. The zero-order chi connectivity index (χ0) is 22.2. The van der Waals surface area contributed by atoms with Crippen molar-refractivity contribution in [3.63, 3.8) is 0 Å². The second-order valence-corrected chi connectivity index (χ2v) is 9.93. The van der Waals surface area contributed by atoms with Gasteiger partial charge in [-0.05, 0) is 37.1 Å². The van der Waals surface area contributed by atoms with E-state index in [-0.39, 0.29) is 16.6 Å². The number of aromatic nitrogens is 1. The van der Waals surface area contributed by atoms with E-state index in [0.29, 0.717) is 22.0 Å². The molecule has 0 bridgehead atoms. The zero-order valence-electron chi connectivity index (χ0n) is 16.4. The van der Waals surface area contributed by atoms with E-state index >= 15 is 0 Å². The summed E-state index contributed by atoms with van der Waals surface area (Å²) in [5.41, 5.74) is 1.33. The third-order valence-electron chi connectivity index (χ3n) is 4.93. The molecule has 0 aliphatic heterocycles.